The van der Waals surface area contributed by atoms with Gasteiger partial charge in [0.15, 0.2) is 0 Å². The van der Waals surface area contributed by atoms with E-state index in [2.05, 4.69) is 9.97 Å². The summed E-state index contributed by atoms with van der Waals surface area (Å²) in [6.45, 7) is 3.42. The number of fused-ring (bicyclic) bond motifs is 1. The third-order valence-electron chi connectivity index (χ3n) is 5.04. The summed E-state index contributed by atoms with van der Waals surface area (Å²) in [6, 6.07) is 0.169. The van der Waals surface area contributed by atoms with Gasteiger partial charge in [0.05, 0.1) is 12.1 Å². The van der Waals surface area contributed by atoms with Crippen molar-refractivity contribution >= 4 is 15.9 Å². The Bertz CT molecular complexity index is 644. The predicted octanol–water partition coefficient (Wildman–Crippen LogP) is 0.615. The summed E-state index contributed by atoms with van der Waals surface area (Å²) in [7, 11) is -3.13. The normalized spacial score (nSPS) is 26.3. The van der Waals surface area contributed by atoms with Crippen molar-refractivity contribution < 1.29 is 13.2 Å². The van der Waals surface area contributed by atoms with Gasteiger partial charge in [-0.2, -0.15) is 0 Å². The molecule has 2 aliphatic heterocycles. The smallest absolute Gasteiger partial charge is 0.222 e. The summed E-state index contributed by atoms with van der Waals surface area (Å²) < 4.78 is 25.8. The number of hydrogen-bond donors (Lipinski definition) is 1. The zero-order valence-electron chi connectivity index (χ0n) is 13.4. The van der Waals surface area contributed by atoms with Crippen molar-refractivity contribution in [2.24, 2.45) is 5.92 Å². The monoisotopic (exact) mass is 340 g/mol. The molecule has 0 aromatic carbocycles. The van der Waals surface area contributed by atoms with Gasteiger partial charge in [-0.25, -0.2) is 17.7 Å². The molecular formula is C15H24N4O3S. The van der Waals surface area contributed by atoms with E-state index >= 15 is 0 Å². The summed E-state index contributed by atoms with van der Waals surface area (Å²) in [4.78, 5) is 21.3. The quantitative estimate of drug-likeness (QED) is 0.851. The highest BCUT2D eigenvalue weighted by atomic mass is 32.2. The first kappa shape index (κ1) is 16.4. The first-order valence-electron chi connectivity index (χ1n) is 8.26. The predicted molar refractivity (Wildman–Crippen MR) is 86.2 cm³/mol. The van der Waals surface area contributed by atoms with Gasteiger partial charge in [0.1, 0.15) is 0 Å². The van der Waals surface area contributed by atoms with Gasteiger partial charge in [-0.3, -0.25) is 4.79 Å². The molecule has 128 valence electrons. The second-order valence-electron chi connectivity index (χ2n) is 6.33. The van der Waals surface area contributed by atoms with Crippen LogP contribution >= 0.6 is 0 Å². The highest BCUT2D eigenvalue weighted by molar-refractivity contribution is 7.89. The summed E-state index contributed by atoms with van der Waals surface area (Å²) >= 11 is 0. The third kappa shape index (κ3) is 3.42. The minimum Gasteiger partial charge on any atom is -0.348 e. The summed E-state index contributed by atoms with van der Waals surface area (Å²) in [5, 5.41) is 0. The molecular weight excluding hydrogens is 316 g/mol. The standard InChI is InChI=1S/C15H24N4O3S/c1-2-23(21,22)18-7-6-14-12(10-18)3-4-15(20)19(14)8-5-13-9-16-11-17-13/h9,11-12,14H,2-8,10H2,1H3,(H,16,17)/t12-,14+/m0/s1. The fraction of sp³-hybridized carbons (Fsp3) is 0.733. The number of aromatic amines is 1. The zero-order chi connectivity index (χ0) is 16.4. The lowest BCUT2D eigenvalue weighted by atomic mass is 9.84. The number of hydrogen-bond acceptors (Lipinski definition) is 4. The van der Waals surface area contributed by atoms with Gasteiger partial charge >= 0.3 is 0 Å². The summed E-state index contributed by atoms with van der Waals surface area (Å²) in [5.41, 5.74) is 1.02. The maximum atomic E-state index is 12.3. The van der Waals surface area contributed by atoms with E-state index in [-0.39, 0.29) is 23.6 Å². The number of likely N-dealkylation sites (tertiary alicyclic amines) is 1. The summed E-state index contributed by atoms with van der Waals surface area (Å²) in [5.74, 6) is 0.592. The van der Waals surface area contributed by atoms with Gasteiger partial charge in [0.2, 0.25) is 15.9 Å². The van der Waals surface area contributed by atoms with Gasteiger partial charge in [0, 0.05) is 50.4 Å². The number of nitrogens with zero attached hydrogens (tertiary/aromatic N) is 3. The van der Waals surface area contributed by atoms with Crippen LogP contribution in [0.15, 0.2) is 12.5 Å². The number of rotatable bonds is 5. The number of amides is 1. The SMILES string of the molecule is CCS(=O)(=O)N1CC[C@@H]2[C@@H](CCC(=O)N2CCc2cnc[nH]2)C1. The first-order chi connectivity index (χ1) is 11.0. The van der Waals surface area contributed by atoms with Crippen molar-refractivity contribution in [3.63, 3.8) is 0 Å². The number of piperidine rings is 2. The maximum absolute atomic E-state index is 12.3. The van der Waals surface area contributed by atoms with Crippen molar-refractivity contribution in [2.75, 3.05) is 25.4 Å². The zero-order valence-corrected chi connectivity index (χ0v) is 14.3. The van der Waals surface area contributed by atoms with Crippen LogP contribution < -0.4 is 0 Å². The molecule has 2 aliphatic rings. The van der Waals surface area contributed by atoms with E-state index in [0.29, 0.717) is 26.1 Å². The van der Waals surface area contributed by atoms with E-state index in [4.69, 9.17) is 0 Å². The number of sulfonamides is 1. The number of nitrogens with one attached hydrogen (secondary N) is 1. The fourth-order valence-corrected chi connectivity index (χ4v) is 4.87. The first-order valence-corrected chi connectivity index (χ1v) is 9.86. The molecule has 1 aromatic rings. The number of aromatic nitrogens is 2. The molecule has 2 fully saturated rings. The molecule has 1 aromatic heterocycles. The number of carbonyl (C=O) groups is 1. The van der Waals surface area contributed by atoms with Crippen molar-refractivity contribution in [3.05, 3.63) is 18.2 Å². The second kappa shape index (κ2) is 6.60. The van der Waals surface area contributed by atoms with Crippen molar-refractivity contribution in [3.8, 4) is 0 Å². The minimum absolute atomic E-state index is 0.146. The largest absolute Gasteiger partial charge is 0.348 e. The topological polar surface area (TPSA) is 86.4 Å². The molecule has 2 saturated heterocycles. The van der Waals surface area contributed by atoms with Crippen LogP contribution in [0.25, 0.3) is 0 Å². The van der Waals surface area contributed by atoms with Crippen LogP contribution in [0.5, 0.6) is 0 Å². The second-order valence-corrected chi connectivity index (χ2v) is 8.58. The van der Waals surface area contributed by atoms with Crippen LogP contribution in [-0.4, -0.2) is 64.9 Å². The average molecular weight is 340 g/mol. The van der Waals surface area contributed by atoms with E-state index in [9.17, 15) is 13.2 Å². The lowest BCUT2D eigenvalue weighted by Crippen LogP contribution is -2.57. The molecule has 1 N–H and O–H groups in total. The molecule has 0 bridgehead atoms. The molecule has 7 nitrogen and oxygen atoms in total. The Morgan fingerprint density at radius 3 is 2.91 bits per heavy atom. The lowest BCUT2D eigenvalue weighted by molar-refractivity contribution is -0.140. The van der Waals surface area contributed by atoms with Gasteiger partial charge < -0.3 is 9.88 Å². The van der Waals surface area contributed by atoms with E-state index < -0.39 is 10.0 Å². The van der Waals surface area contributed by atoms with E-state index in [0.717, 1.165) is 25.0 Å². The molecule has 1 amide bonds. The number of H-pyrrole nitrogens is 1. The fourth-order valence-electron chi connectivity index (χ4n) is 3.71. The Morgan fingerprint density at radius 1 is 1.39 bits per heavy atom. The molecule has 23 heavy (non-hydrogen) atoms. The van der Waals surface area contributed by atoms with Crippen molar-refractivity contribution in [1.82, 2.24) is 19.2 Å². The van der Waals surface area contributed by atoms with E-state index in [1.807, 2.05) is 4.90 Å². The molecule has 0 radical (unpaired) electrons. The number of carbonyl (C=O) groups excluding carboxylic acids is 1. The molecule has 3 heterocycles. The van der Waals surface area contributed by atoms with E-state index in [1.165, 1.54) is 0 Å². The molecule has 2 atom stereocenters. The molecule has 0 aliphatic carbocycles. The van der Waals surface area contributed by atoms with Crippen LogP contribution in [-0.2, 0) is 21.2 Å². The maximum Gasteiger partial charge on any atom is 0.222 e. The van der Waals surface area contributed by atoms with Crippen LogP contribution in [0, 0.1) is 5.92 Å². The highest BCUT2D eigenvalue weighted by Gasteiger charge is 2.41. The molecule has 8 heteroatoms. The Balaban J connectivity index is 1.67. The minimum atomic E-state index is -3.13. The van der Waals surface area contributed by atoms with Gasteiger partial charge in [-0.05, 0) is 25.7 Å². The summed E-state index contributed by atoms with van der Waals surface area (Å²) in [6.07, 6.45) is 6.22. The van der Waals surface area contributed by atoms with Crippen LogP contribution in [0.1, 0.15) is 31.9 Å². The van der Waals surface area contributed by atoms with E-state index in [1.54, 1.807) is 23.8 Å². The highest BCUT2D eigenvalue weighted by Crippen LogP contribution is 2.32. The van der Waals surface area contributed by atoms with Gasteiger partial charge in [-0.15, -0.1) is 0 Å². The molecule has 0 saturated carbocycles. The van der Waals surface area contributed by atoms with Crippen molar-refractivity contribution in [2.45, 2.75) is 38.6 Å². The average Bonchev–Trinajstić information content (AvgIpc) is 3.07. The molecule has 0 unspecified atom stereocenters. The van der Waals surface area contributed by atoms with Crippen LogP contribution in [0.4, 0.5) is 0 Å². The Hall–Kier alpha value is -1.41. The van der Waals surface area contributed by atoms with Crippen molar-refractivity contribution in [1.29, 1.82) is 0 Å². The number of imidazole rings is 1. The lowest BCUT2D eigenvalue weighted by Gasteiger charge is -2.46. The molecule has 3 rings (SSSR count). The Kier molecular flexibility index (Phi) is 4.72. The van der Waals surface area contributed by atoms with Gasteiger partial charge in [-0.1, -0.05) is 0 Å². The molecule has 0 spiro atoms. The van der Waals surface area contributed by atoms with Crippen LogP contribution in [0.3, 0.4) is 0 Å². The Labute approximate surface area is 137 Å². The Morgan fingerprint density at radius 2 is 2.22 bits per heavy atom. The third-order valence-corrected chi connectivity index (χ3v) is 6.89. The van der Waals surface area contributed by atoms with Crippen LogP contribution in [0.2, 0.25) is 0 Å². The van der Waals surface area contributed by atoms with Gasteiger partial charge in [0.25, 0.3) is 0 Å².